The summed E-state index contributed by atoms with van der Waals surface area (Å²) in [4.78, 5) is 16.5. The monoisotopic (exact) mass is 581 g/mol. The second-order valence-electron chi connectivity index (χ2n) is 11.9. The third-order valence-electron chi connectivity index (χ3n) is 9.72. The van der Waals surface area contributed by atoms with Crippen molar-refractivity contribution in [2.75, 3.05) is 37.9 Å². The summed E-state index contributed by atoms with van der Waals surface area (Å²) in [5.41, 5.74) is 3.67. The smallest absolute Gasteiger partial charge is 0.333 e. The Bertz CT molecular complexity index is 948. The normalized spacial score (nSPS) is 37.8. The van der Waals surface area contributed by atoms with E-state index >= 15 is 0 Å². The maximum atomic E-state index is 14.3. The highest BCUT2D eigenvalue weighted by Gasteiger charge is 2.52. The Morgan fingerprint density at radius 3 is 2.37 bits per heavy atom. The average Bonchev–Trinajstić information content (AvgIpc) is 3.32. The van der Waals surface area contributed by atoms with Gasteiger partial charge in [-0.05, 0) is 70.1 Å². The van der Waals surface area contributed by atoms with Crippen molar-refractivity contribution in [2.45, 2.75) is 99.7 Å². The molecule has 5 fully saturated rings. The number of hydrazine groups is 1. The van der Waals surface area contributed by atoms with Gasteiger partial charge in [0.2, 0.25) is 5.91 Å². The number of carbonyl (C=O) groups is 1. The molecule has 1 amide bonds. The van der Waals surface area contributed by atoms with Crippen LogP contribution in [0.2, 0.25) is 0 Å². The maximum absolute atomic E-state index is 14.3. The summed E-state index contributed by atoms with van der Waals surface area (Å²) in [6.45, 7) is 1.89. The Hall–Kier alpha value is -0.600. The molecule has 1 aliphatic carbocycles. The van der Waals surface area contributed by atoms with Gasteiger partial charge < -0.3 is 4.90 Å². The van der Waals surface area contributed by atoms with E-state index in [1.54, 1.807) is 0 Å². The first-order valence-electron chi connectivity index (χ1n) is 14.1. The van der Waals surface area contributed by atoms with Crippen LogP contribution in [0, 0.1) is 11.8 Å². The van der Waals surface area contributed by atoms with Crippen LogP contribution in [-0.4, -0.2) is 109 Å². The van der Waals surface area contributed by atoms with Gasteiger partial charge in [0.05, 0.1) is 23.0 Å². The molecule has 4 unspecified atom stereocenters. The molecule has 5 atom stereocenters. The van der Waals surface area contributed by atoms with Crippen molar-refractivity contribution in [2.24, 2.45) is 11.8 Å². The number of fused-ring (bicyclic) bond motifs is 3. The third kappa shape index (κ3) is 5.88. The van der Waals surface area contributed by atoms with Crippen LogP contribution in [0.3, 0.4) is 0 Å². The van der Waals surface area contributed by atoms with Gasteiger partial charge >= 0.3 is 6.18 Å². The fourth-order valence-corrected chi connectivity index (χ4v) is 9.84. The van der Waals surface area contributed by atoms with Gasteiger partial charge in [0.25, 0.3) is 0 Å². The molecule has 0 aromatic rings. The summed E-state index contributed by atoms with van der Waals surface area (Å²) in [6.07, 6.45) is 3.74. The van der Waals surface area contributed by atoms with Crippen molar-refractivity contribution in [3.05, 3.63) is 0 Å². The number of hydrogen-bond donors (Lipinski definition) is 2. The number of amides is 1. The standard InChI is InChI=1S/C25H42F3N5O3S2/c1-31(24(34)17-9-12-38(35,36)13-10-17)23(25(26,27)28)16-5-7-18(8-6-16)32-11-3-4-19-20(32)15-29-21-14-22(37-2)30-33(19)21/h16-23,29-30H,3-15H2,1-2H3/t16?,18?,19?,20?,21?,22?,23-/m0/s1. The number of alkyl halides is 3. The highest BCUT2D eigenvalue weighted by atomic mass is 32.2. The topological polar surface area (TPSA) is 85.0 Å². The predicted octanol–water partition coefficient (Wildman–Crippen LogP) is 2.42. The Morgan fingerprint density at radius 2 is 1.74 bits per heavy atom. The lowest BCUT2D eigenvalue weighted by Crippen LogP contribution is -2.70. The van der Waals surface area contributed by atoms with Crippen molar-refractivity contribution in [1.82, 2.24) is 25.6 Å². The Labute approximate surface area is 228 Å². The molecule has 4 saturated heterocycles. The highest BCUT2D eigenvalue weighted by molar-refractivity contribution is 7.99. The van der Waals surface area contributed by atoms with Crippen LogP contribution in [0.4, 0.5) is 13.2 Å². The summed E-state index contributed by atoms with van der Waals surface area (Å²) >= 11 is 1.83. The molecule has 4 aliphatic heterocycles. The second kappa shape index (κ2) is 11.3. The predicted molar refractivity (Wildman–Crippen MR) is 142 cm³/mol. The van der Waals surface area contributed by atoms with Crippen LogP contribution in [0.25, 0.3) is 0 Å². The lowest BCUT2D eigenvalue weighted by Gasteiger charge is -2.53. The van der Waals surface area contributed by atoms with Gasteiger partial charge in [-0.2, -0.15) is 13.2 Å². The number of nitrogens with one attached hydrogen (secondary N) is 2. The number of hydrogen-bond acceptors (Lipinski definition) is 8. The van der Waals surface area contributed by atoms with E-state index in [0.717, 1.165) is 37.3 Å². The van der Waals surface area contributed by atoms with Crippen LogP contribution < -0.4 is 10.7 Å². The lowest BCUT2D eigenvalue weighted by molar-refractivity contribution is -0.203. The quantitative estimate of drug-likeness (QED) is 0.512. The summed E-state index contributed by atoms with van der Waals surface area (Å²) in [7, 11) is -1.92. The Kier molecular flexibility index (Phi) is 8.63. The highest BCUT2D eigenvalue weighted by Crippen LogP contribution is 2.41. The molecule has 0 bridgehead atoms. The molecule has 8 nitrogen and oxygen atoms in total. The molecule has 218 valence electrons. The molecule has 5 aliphatic rings. The van der Waals surface area contributed by atoms with Crippen molar-refractivity contribution < 1.29 is 26.4 Å². The van der Waals surface area contributed by atoms with Crippen molar-refractivity contribution in [3.8, 4) is 0 Å². The van der Waals surface area contributed by atoms with Crippen molar-refractivity contribution in [3.63, 3.8) is 0 Å². The first-order chi connectivity index (χ1) is 18.0. The van der Waals surface area contributed by atoms with Crippen LogP contribution in [0.5, 0.6) is 0 Å². The minimum atomic E-state index is -4.52. The van der Waals surface area contributed by atoms with Crippen LogP contribution in [-0.2, 0) is 14.6 Å². The van der Waals surface area contributed by atoms with Crippen LogP contribution >= 0.6 is 11.8 Å². The van der Waals surface area contributed by atoms with Crippen molar-refractivity contribution in [1.29, 1.82) is 0 Å². The van der Waals surface area contributed by atoms with E-state index in [2.05, 4.69) is 26.9 Å². The number of rotatable bonds is 5. The first kappa shape index (κ1) is 28.9. The van der Waals surface area contributed by atoms with Crippen LogP contribution in [0.1, 0.15) is 57.8 Å². The number of piperidine rings is 1. The molecule has 0 spiro atoms. The van der Waals surface area contributed by atoms with Gasteiger partial charge in [0.15, 0.2) is 0 Å². The fraction of sp³-hybridized carbons (Fsp3) is 0.960. The van der Waals surface area contributed by atoms with E-state index < -0.39 is 39.8 Å². The molecule has 1 saturated carbocycles. The van der Waals surface area contributed by atoms with E-state index in [0.29, 0.717) is 49.3 Å². The molecule has 5 rings (SSSR count). The lowest BCUT2D eigenvalue weighted by atomic mass is 9.78. The van der Waals surface area contributed by atoms with Gasteiger partial charge in [-0.25, -0.2) is 18.9 Å². The maximum Gasteiger partial charge on any atom is 0.409 e. The number of halogens is 3. The number of sulfone groups is 1. The largest absolute Gasteiger partial charge is 0.409 e. The molecule has 0 aromatic carbocycles. The van der Waals surface area contributed by atoms with Gasteiger partial charge in [-0.1, -0.05) is 0 Å². The first-order valence-corrected chi connectivity index (χ1v) is 17.2. The SMILES string of the molecule is CSC1CC2NCC3C(CCCN3C3CCC([C@H](N(C)C(=O)C4CCS(=O)(=O)CC4)C(F)(F)F)CC3)N2N1. The summed E-state index contributed by atoms with van der Waals surface area (Å²) in [5.74, 6) is -2.10. The molecular formula is C25H42F3N5O3S2. The number of nitrogens with zero attached hydrogens (tertiary/aromatic N) is 3. The second-order valence-corrected chi connectivity index (χ2v) is 15.2. The molecular weight excluding hydrogens is 539 g/mol. The summed E-state index contributed by atoms with van der Waals surface area (Å²) in [6, 6.07) is -0.802. The van der Waals surface area contributed by atoms with E-state index in [9.17, 15) is 26.4 Å². The van der Waals surface area contributed by atoms with Gasteiger partial charge in [-0.3, -0.25) is 15.0 Å². The zero-order chi connectivity index (χ0) is 27.2. The summed E-state index contributed by atoms with van der Waals surface area (Å²) in [5, 5.41) is 6.52. The zero-order valence-electron chi connectivity index (χ0n) is 22.3. The van der Waals surface area contributed by atoms with Gasteiger partial charge in [-0.15, -0.1) is 11.8 Å². The van der Waals surface area contributed by atoms with Gasteiger partial charge in [0, 0.05) is 44.1 Å². The Balaban J connectivity index is 1.21. The summed E-state index contributed by atoms with van der Waals surface area (Å²) < 4.78 is 66.5. The Morgan fingerprint density at radius 1 is 1.05 bits per heavy atom. The molecule has 0 radical (unpaired) electrons. The zero-order valence-corrected chi connectivity index (χ0v) is 24.0. The number of carbonyl (C=O) groups excluding carboxylic acids is 1. The molecule has 13 heteroatoms. The third-order valence-corrected chi connectivity index (χ3v) is 12.3. The average molecular weight is 582 g/mol. The molecule has 38 heavy (non-hydrogen) atoms. The number of likely N-dealkylation sites (tertiary alicyclic amines) is 1. The van der Waals surface area contributed by atoms with E-state index in [4.69, 9.17) is 0 Å². The van der Waals surface area contributed by atoms with Gasteiger partial charge in [0.1, 0.15) is 15.9 Å². The minimum absolute atomic E-state index is 0.110. The van der Waals surface area contributed by atoms with E-state index in [1.807, 2.05) is 11.8 Å². The van der Waals surface area contributed by atoms with Crippen molar-refractivity contribution >= 4 is 27.5 Å². The van der Waals surface area contributed by atoms with Crippen LogP contribution in [0.15, 0.2) is 0 Å². The molecule has 0 aromatic heterocycles. The fourth-order valence-electron chi connectivity index (χ4n) is 7.75. The molecule has 4 heterocycles. The number of thioether (sulfide) groups is 1. The van der Waals surface area contributed by atoms with E-state index in [-0.39, 0.29) is 30.4 Å². The molecule has 2 N–H and O–H groups in total. The minimum Gasteiger partial charge on any atom is -0.333 e. The van der Waals surface area contributed by atoms with E-state index in [1.165, 1.54) is 7.05 Å².